The number of carbonyl (C=O) groups is 1. The molecule has 1 atom stereocenters. The molecule has 0 N–H and O–H groups in total. The van der Waals surface area contributed by atoms with E-state index in [-0.39, 0.29) is 11.3 Å². The van der Waals surface area contributed by atoms with Crippen LogP contribution < -0.4 is 4.74 Å². The lowest BCUT2D eigenvalue weighted by molar-refractivity contribution is -0.116. The Hall–Kier alpha value is -1.57. The molecule has 21 heavy (non-hydrogen) atoms. The molecular formula is C19H24O2. The molecule has 0 spiro atoms. The molecule has 0 heterocycles. The van der Waals surface area contributed by atoms with Gasteiger partial charge in [0.1, 0.15) is 5.75 Å². The number of aryl methyl sites for hydroxylation is 1. The van der Waals surface area contributed by atoms with Crippen molar-refractivity contribution in [3.8, 4) is 5.75 Å². The molecule has 0 radical (unpaired) electrons. The van der Waals surface area contributed by atoms with Gasteiger partial charge in [-0.3, -0.25) is 4.79 Å². The molecule has 2 heteroatoms. The summed E-state index contributed by atoms with van der Waals surface area (Å²) < 4.78 is 5.59. The van der Waals surface area contributed by atoms with Gasteiger partial charge in [0.15, 0.2) is 5.78 Å². The van der Waals surface area contributed by atoms with Gasteiger partial charge in [-0.1, -0.05) is 26.8 Å². The van der Waals surface area contributed by atoms with Gasteiger partial charge < -0.3 is 4.74 Å². The van der Waals surface area contributed by atoms with E-state index in [1.807, 2.05) is 0 Å². The molecule has 2 aliphatic carbocycles. The number of Topliss-reactive ketones (excluding diaryl/α,β-unsaturated/α-hetero) is 1. The zero-order chi connectivity index (χ0) is 15.4. The number of carbonyl (C=O) groups excluding carboxylic acids is 1. The molecule has 0 aliphatic heterocycles. The molecule has 112 valence electrons. The SMILES string of the molecule is COc1cc(C)cc2c1CCC1(C)CC(=O)C(C(C)C)=C21. The Kier molecular flexibility index (Phi) is 3.23. The van der Waals surface area contributed by atoms with Crippen molar-refractivity contribution >= 4 is 11.4 Å². The van der Waals surface area contributed by atoms with Crippen LogP contribution >= 0.6 is 0 Å². The van der Waals surface area contributed by atoms with E-state index in [2.05, 4.69) is 39.8 Å². The summed E-state index contributed by atoms with van der Waals surface area (Å²) in [6, 6.07) is 4.35. The highest BCUT2D eigenvalue weighted by Gasteiger charge is 2.46. The van der Waals surface area contributed by atoms with Crippen LogP contribution in [0.5, 0.6) is 5.75 Å². The first-order valence-electron chi connectivity index (χ1n) is 7.83. The summed E-state index contributed by atoms with van der Waals surface area (Å²) in [5.74, 6) is 1.60. The summed E-state index contributed by atoms with van der Waals surface area (Å²) in [5, 5.41) is 0. The predicted octanol–water partition coefficient (Wildman–Crippen LogP) is 4.34. The third-order valence-corrected chi connectivity index (χ3v) is 5.07. The fourth-order valence-corrected chi connectivity index (χ4v) is 4.14. The van der Waals surface area contributed by atoms with Crippen LogP contribution in [-0.4, -0.2) is 12.9 Å². The van der Waals surface area contributed by atoms with Crippen molar-refractivity contribution < 1.29 is 9.53 Å². The third kappa shape index (κ3) is 2.04. The highest BCUT2D eigenvalue weighted by molar-refractivity contribution is 6.10. The van der Waals surface area contributed by atoms with Crippen molar-refractivity contribution in [2.45, 2.75) is 47.0 Å². The molecule has 2 aliphatic rings. The van der Waals surface area contributed by atoms with Gasteiger partial charge in [-0.15, -0.1) is 0 Å². The van der Waals surface area contributed by atoms with Gasteiger partial charge in [-0.25, -0.2) is 0 Å². The lowest BCUT2D eigenvalue weighted by atomic mass is 9.69. The number of ketones is 1. The number of ether oxygens (including phenoxy) is 1. The van der Waals surface area contributed by atoms with Crippen LogP contribution in [0.1, 0.15) is 50.3 Å². The van der Waals surface area contributed by atoms with E-state index in [1.54, 1.807) is 7.11 Å². The Morgan fingerprint density at radius 3 is 2.62 bits per heavy atom. The van der Waals surface area contributed by atoms with E-state index < -0.39 is 0 Å². The van der Waals surface area contributed by atoms with Gasteiger partial charge in [-0.05, 0) is 48.4 Å². The number of fused-ring (bicyclic) bond motifs is 3. The summed E-state index contributed by atoms with van der Waals surface area (Å²) in [5.41, 5.74) is 6.10. The normalized spacial score (nSPS) is 24.4. The minimum atomic E-state index is 0.0164. The topological polar surface area (TPSA) is 26.3 Å². The Morgan fingerprint density at radius 2 is 2.00 bits per heavy atom. The first-order chi connectivity index (χ1) is 9.87. The Morgan fingerprint density at radius 1 is 1.29 bits per heavy atom. The molecule has 0 bridgehead atoms. The number of hydrogen-bond acceptors (Lipinski definition) is 2. The first-order valence-corrected chi connectivity index (χ1v) is 7.83. The van der Waals surface area contributed by atoms with Crippen LogP contribution in [0.2, 0.25) is 0 Å². The molecule has 0 fully saturated rings. The Bertz CT molecular complexity index is 652. The number of allylic oxidation sites excluding steroid dienone is 2. The van der Waals surface area contributed by atoms with E-state index in [1.165, 1.54) is 22.3 Å². The van der Waals surface area contributed by atoms with Crippen molar-refractivity contribution in [3.05, 3.63) is 34.4 Å². The molecule has 0 saturated heterocycles. The van der Waals surface area contributed by atoms with Crippen LogP contribution in [0.4, 0.5) is 0 Å². The molecule has 1 aromatic rings. The lowest BCUT2D eigenvalue weighted by Gasteiger charge is -2.35. The quantitative estimate of drug-likeness (QED) is 0.807. The highest BCUT2D eigenvalue weighted by atomic mass is 16.5. The smallest absolute Gasteiger partial charge is 0.160 e. The van der Waals surface area contributed by atoms with E-state index in [4.69, 9.17) is 4.74 Å². The summed E-state index contributed by atoms with van der Waals surface area (Å²) in [6.07, 6.45) is 2.71. The number of hydrogen-bond donors (Lipinski definition) is 0. The molecule has 1 aromatic carbocycles. The van der Waals surface area contributed by atoms with E-state index >= 15 is 0 Å². The number of benzene rings is 1. The zero-order valence-corrected chi connectivity index (χ0v) is 13.7. The van der Waals surface area contributed by atoms with E-state index in [0.717, 1.165) is 24.2 Å². The number of methoxy groups -OCH3 is 1. The lowest BCUT2D eigenvalue weighted by Crippen LogP contribution is -2.23. The van der Waals surface area contributed by atoms with Crippen molar-refractivity contribution in [1.29, 1.82) is 0 Å². The fraction of sp³-hybridized carbons (Fsp3) is 0.526. The maximum Gasteiger partial charge on any atom is 0.160 e. The Balaban J connectivity index is 2.33. The molecule has 2 nitrogen and oxygen atoms in total. The average molecular weight is 284 g/mol. The minimum absolute atomic E-state index is 0.0164. The van der Waals surface area contributed by atoms with Crippen molar-refractivity contribution in [2.24, 2.45) is 11.3 Å². The van der Waals surface area contributed by atoms with Gasteiger partial charge in [0.05, 0.1) is 7.11 Å². The van der Waals surface area contributed by atoms with Crippen LogP contribution in [0.15, 0.2) is 17.7 Å². The molecule has 0 saturated carbocycles. The van der Waals surface area contributed by atoms with Gasteiger partial charge in [0, 0.05) is 23.0 Å². The highest BCUT2D eigenvalue weighted by Crippen LogP contribution is 2.56. The second kappa shape index (κ2) is 4.72. The summed E-state index contributed by atoms with van der Waals surface area (Å²) in [6.45, 7) is 8.62. The van der Waals surface area contributed by atoms with Crippen molar-refractivity contribution in [3.63, 3.8) is 0 Å². The van der Waals surface area contributed by atoms with Gasteiger partial charge in [0.25, 0.3) is 0 Å². The first kappa shape index (κ1) is 14.4. The maximum absolute atomic E-state index is 12.5. The summed E-state index contributed by atoms with van der Waals surface area (Å²) in [7, 11) is 1.74. The van der Waals surface area contributed by atoms with Crippen LogP contribution in [0.25, 0.3) is 5.57 Å². The molecular weight excluding hydrogens is 260 g/mol. The average Bonchev–Trinajstić information content (AvgIpc) is 2.68. The number of rotatable bonds is 2. The standard InChI is InChI=1S/C19H24O2/c1-11(2)17-15(20)10-19(4)7-6-13-14(18(17)19)8-12(3)9-16(13)21-5/h8-9,11H,6-7,10H2,1-5H3. The molecule has 0 aromatic heterocycles. The van der Waals surface area contributed by atoms with Crippen LogP contribution in [-0.2, 0) is 11.2 Å². The van der Waals surface area contributed by atoms with Crippen molar-refractivity contribution in [2.75, 3.05) is 7.11 Å². The molecule has 0 amide bonds. The zero-order valence-electron chi connectivity index (χ0n) is 13.7. The largest absolute Gasteiger partial charge is 0.496 e. The predicted molar refractivity (Wildman–Crippen MR) is 85.5 cm³/mol. The second-order valence-electron chi connectivity index (χ2n) is 7.10. The van der Waals surface area contributed by atoms with Crippen LogP contribution in [0.3, 0.4) is 0 Å². The Labute approximate surface area is 127 Å². The van der Waals surface area contributed by atoms with E-state index in [0.29, 0.717) is 12.2 Å². The van der Waals surface area contributed by atoms with Gasteiger partial charge >= 0.3 is 0 Å². The van der Waals surface area contributed by atoms with Gasteiger partial charge in [0.2, 0.25) is 0 Å². The maximum atomic E-state index is 12.5. The minimum Gasteiger partial charge on any atom is -0.496 e. The summed E-state index contributed by atoms with van der Waals surface area (Å²) >= 11 is 0. The third-order valence-electron chi connectivity index (χ3n) is 5.07. The van der Waals surface area contributed by atoms with Gasteiger partial charge in [-0.2, -0.15) is 0 Å². The van der Waals surface area contributed by atoms with Crippen LogP contribution in [0, 0.1) is 18.3 Å². The summed E-state index contributed by atoms with van der Waals surface area (Å²) in [4.78, 5) is 12.5. The second-order valence-corrected chi connectivity index (χ2v) is 7.10. The molecule has 3 rings (SSSR count). The van der Waals surface area contributed by atoms with E-state index in [9.17, 15) is 4.79 Å². The van der Waals surface area contributed by atoms with Crippen molar-refractivity contribution in [1.82, 2.24) is 0 Å². The monoisotopic (exact) mass is 284 g/mol. The molecule has 1 unspecified atom stereocenters. The fourth-order valence-electron chi connectivity index (χ4n) is 4.14.